The minimum atomic E-state index is -4.45. The van der Waals surface area contributed by atoms with E-state index in [0.717, 1.165) is 64.7 Å². The zero-order valence-corrected chi connectivity index (χ0v) is 39.1. The molecule has 10 nitrogen and oxygen atoms in total. The summed E-state index contributed by atoms with van der Waals surface area (Å²) in [6.45, 7) is 0. The van der Waals surface area contributed by atoms with Gasteiger partial charge in [-0.2, -0.15) is 36.9 Å². The largest absolute Gasteiger partial charge is 0.416 e. The van der Waals surface area contributed by atoms with Gasteiger partial charge in [-0.15, -0.1) is 0 Å². The van der Waals surface area contributed by atoms with Crippen molar-refractivity contribution in [1.82, 2.24) is 19.9 Å². The Labute approximate surface area is 411 Å². The van der Waals surface area contributed by atoms with Gasteiger partial charge in [0, 0.05) is 60.8 Å². The van der Waals surface area contributed by atoms with E-state index in [4.69, 9.17) is 17.3 Å². The molecule has 10 rings (SSSR count). The van der Waals surface area contributed by atoms with Gasteiger partial charge >= 0.3 is 12.4 Å². The molecule has 17 heteroatoms. The second kappa shape index (κ2) is 20.7. The van der Waals surface area contributed by atoms with Gasteiger partial charge in [0.1, 0.15) is 11.6 Å². The fourth-order valence-electron chi connectivity index (χ4n) is 9.59. The Hall–Kier alpha value is -7.17. The van der Waals surface area contributed by atoms with Crippen LogP contribution in [0, 0.1) is 22.7 Å². The van der Waals surface area contributed by atoms with Crippen LogP contribution >= 0.6 is 11.6 Å². The third-order valence-corrected chi connectivity index (χ3v) is 13.9. The average Bonchev–Trinajstić information content (AvgIpc) is 3.87. The van der Waals surface area contributed by atoms with Crippen LogP contribution in [-0.4, -0.2) is 31.5 Å². The Morgan fingerprint density at radius 2 is 1.07 bits per heavy atom. The smallest absolute Gasteiger partial charge is 0.399 e. The van der Waals surface area contributed by atoms with Gasteiger partial charge in [-0.3, -0.25) is 9.59 Å². The maximum Gasteiger partial charge on any atom is 0.416 e. The number of nitrogens with zero attached hydrogens (tertiary/aromatic N) is 6. The van der Waals surface area contributed by atoms with E-state index in [2.05, 4.69) is 37.4 Å². The normalized spacial score (nSPS) is 16.1. The summed E-state index contributed by atoms with van der Waals surface area (Å²) in [5.74, 6) is 0.874. The SMILES string of the molecule is N#CC1(c2ccc(C(F)(F)F)cc2CCc2ccnc(Cl)n2)CCC1.N#CC1(c2ccc(C(F)(F)F)cc2CCc2ccnc(Nc3ccc4c(c3)CC(=O)C4)n2)CCC1.Nc1ccc2c(c1)CC(=O)C2. The summed E-state index contributed by atoms with van der Waals surface area (Å²) in [6.07, 6.45) is 2.34. The summed E-state index contributed by atoms with van der Waals surface area (Å²) in [4.78, 5) is 39.3. The number of nitriles is 2. The number of nitrogens with two attached hydrogens (primary N) is 1. The molecule has 2 aromatic heterocycles. The first-order chi connectivity index (χ1) is 33.8. The number of Topliss-reactive ketones (excluding diaryl/α,β-unsaturated/α-hetero) is 2. The summed E-state index contributed by atoms with van der Waals surface area (Å²) in [6, 6.07) is 26.9. The number of carbonyl (C=O) groups is 2. The van der Waals surface area contributed by atoms with Crippen molar-refractivity contribution in [3.8, 4) is 12.1 Å². The molecule has 2 heterocycles. The van der Waals surface area contributed by atoms with Crippen LogP contribution in [0.4, 0.5) is 43.7 Å². The van der Waals surface area contributed by atoms with E-state index in [1.54, 1.807) is 18.3 Å². The Kier molecular flexibility index (Phi) is 14.6. The van der Waals surface area contributed by atoms with E-state index in [-0.39, 0.29) is 11.1 Å². The van der Waals surface area contributed by atoms with E-state index < -0.39 is 34.3 Å². The van der Waals surface area contributed by atoms with Crippen molar-refractivity contribution < 1.29 is 35.9 Å². The molecule has 4 aromatic carbocycles. The molecule has 6 aromatic rings. The molecule has 364 valence electrons. The molecule has 0 atom stereocenters. The summed E-state index contributed by atoms with van der Waals surface area (Å²) in [5, 5.41) is 22.6. The number of rotatable bonds is 10. The zero-order chi connectivity index (χ0) is 50.6. The van der Waals surface area contributed by atoms with Gasteiger partial charge in [0.25, 0.3) is 0 Å². The molecule has 0 bridgehead atoms. The number of hydrogen-bond acceptors (Lipinski definition) is 10. The predicted octanol–water partition coefficient (Wildman–Crippen LogP) is 11.5. The lowest BCUT2D eigenvalue weighted by Crippen LogP contribution is -2.33. The molecule has 0 saturated heterocycles. The van der Waals surface area contributed by atoms with Crippen molar-refractivity contribution >= 4 is 40.5 Å². The van der Waals surface area contributed by atoms with Crippen LogP contribution in [-0.2, 0) is 84.1 Å². The zero-order valence-electron chi connectivity index (χ0n) is 38.4. The first-order valence-electron chi connectivity index (χ1n) is 23.2. The molecule has 0 aliphatic heterocycles. The Morgan fingerprint density at radius 1 is 0.592 bits per heavy atom. The van der Waals surface area contributed by atoms with E-state index in [1.807, 2.05) is 36.4 Å². The fraction of sp³-hybridized carbons (Fsp3) is 0.333. The Balaban J connectivity index is 0.000000162. The molecule has 0 radical (unpaired) electrons. The van der Waals surface area contributed by atoms with Crippen LogP contribution < -0.4 is 11.1 Å². The molecule has 0 amide bonds. The first-order valence-corrected chi connectivity index (χ1v) is 23.6. The molecular weight excluding hydrogens is 942 g/mol. The highest BCUT2D eigenvalue weighted by Gasteiger charge is 2.43. The minimum Gasteiger partial charge on any atom is -0.399 e. The number of alkyl halides is 6. The van der Waals surface area contributed by atoms with E-state index in [9.17, 15) is 46.5 Å². The molecule has 71 heavy (non-hydrogen) atoms. The molecule has 0 spiro atoms. The molecule has 2 saturated carbocycles. The summed E-state index contributed by atoms with van der Waals surface area (Å²) >= 11 is 5.76. The third-order valence-electron chi connectivity index (χ3n) is 13.7. The van der Waals surface area contributed by atoms with Crippen molar-refractivity contribution in [2.45, 2.75) is 113 Å². The lowest BCUT2D eigenvalue weighted by Gasteiger charge is -2.37. The van der Waals surface area contributed by atoms with E-state index in [1.165, 1.54) is 24.4 Å². The highest BCUT2D eigenvalue weighted by molar-refractivity contribution is 6.28. The third kappa shape index (κ3) is 11.7. The van der Waals surface area contributed by atoms with Crippen LogP contribution in [0.2, 0.25) is 5.28 Å². The van der Waals surface area contributed by atoms with Gasteiger partial charge in [0.05, 0.1) is 34.1 Å². The Morgan fingerprint density at radius 3 is 1.55 bits per heavy atom. The van der Waals surface area contributed by atoms with Gasteiger partial charge in [-0.1, -0.05) is 24.3 Å². The number of anilines is 3. The quantitative estimate of drug-likeness (QED) is 0.0764. The number of carbonyl (C=O) groups excluding carboxylic acids is 2. The topological polar surface area (TPSA) is 171 Å². The highest BCUT2D eigenvalue weighted by Crippen LogP contribution is 2.47. The van der Waals surface area contributed by atoms with Gasteiger partial charge in [0.2, 0.25) is 11.2 Å². The van der Waals surface area contributed by atoms with Gasteiger partial charge in [0.15, 0.2) is 0 Å². The second-order valence-electron chi connectivity index (χ2n) is 18.4. The molecule has 0 unspecified atom stereocenters. The number of benzene rings is 4. The number of nitrogen functional groups attached to an aromatic ring is 1. The van der Waals surface area contributed by atoms with Crippen molar-refractivity contribution in [2.75, 3.05) is 11.1 Å². The first kappa shape index (κ1) is 50.2. The number of nitrogens with one attached hydrogen (secondary N) is 1. The summed E-state index contributed by atoms with van der Waals surface area (Å²) < 4.78 is 79.4. The fourth-order valence-corrected chi connectivity index (χ4v) is 9.75. The summed E-state index contributed by atoms with van der Waals surface area (Å²) in [5.41, 5.74) is 12.4. The number of aryl methyl sites for hydroxylation is 4. The van der Waals surface area contributed by atoms with Gasteiger partial charge in [-0.25, -0.2) is 19.9 Å². The van der Waals surface area contributed by atoms with Crippen LogP contribution in [0.3, 0.4) is 0 Å². The lowest BCUT2D eigenvalue weighted by molar-refractivity contribution is -0.138. The summed E-state index contributed by atoms with van der Waals surface area (Å²) in [7, 11) is 0. The standard InChI is InChI=1S/C27H23F3N4O.C18H15ClF3N3.C9H9NO/c28-27(29,30)20-4-7-24(26(16-31)9-1-10-26)18(12-20)3-5-21-8-11-32-25(33-21)34-22-6-2-17-14-23(35)15-19(17)13-22;19-16-24-9-6-14(25-16)4-2-12-10-13(18(20,21)22)3-5-15(12)17(11-23)7-1-8-17;10-8-2-1-6-4-9(11)5-7(6)3-8/h2,4,6-8,11-13H,1,3,5,9-10,14-15H2,(H,32,33,34);3,5-6,9-10H,1-2,4,7-8H2;1-3H,4-5,10H2. The van der Waals surface area contributed by atoms with Crippen molar-refractivity contribution in [2.24, 2.45) is 0 Å². The molecule has 3 N–H and O–H groups in total. The molecule has 4 aliphatic rings. The number of hydrogen-bond donors (Lipinski definition) is 2. The molecular formula is C54H47ClF6N8O2. The monoisotopic (exact) mass is 988 g/mol. The lowest BCUT2D eigenvalue weighted by atomic mass is 9.64. The van der Waals surface area contributed by atoms with Gasteiger partial charge < -0.3 is 11.1 Å². The van der Waals surface area contributed by atoms with Crippen LogP contribution in [0.15, 0.2) is 97.3 Å². The van der Waals surface area contributed by atoms with Crippen molar-refractivity contribution in [3.63, 3.8) is 0 Å². The maximum atomic E-state index is 13.4. The average molecular weight is 989 g/mol. The van der Waals surface area contributed by atoms with Gasteiger partial charge in [-0.05, 0) is 181 Å². The van der Waals surface area contributed by atoms with E-state index in [0.29, 0.717) is 122 Å². The highest BCUT2D eigenvalue weighted by atomic mass is 35.5. The number of ketones is 2. The van der Waals surface area contributed by atoms with Crippen molar-refractivity contribution in [3.05, 3.63) is 170 Å². The molecule has 4 aliphatic carbocycles. The van der Waals surface area contributed by atoms with Crippen LogP contribution in [0.25, 0.3) is 0 Å². The van der Waals surface area contributed by atoms with Crippen LogP contribution in [0.1, 0.15) is 106 Å². The second-order valence-corrected chi connectivity index (χ2v) is 18.8. The van der Waals surface area contributed by atoms with Crippen LogP contribution in [0.5, 0.6) is 0 Å². The number of aromatic nitrogens is 4. The number of fused-ring (bicyclic) bond motifs is 2. The number of halogens is 7. The maximum absolute atomic E-state index is 13.4. The van der Waals surface area contributed by atoms with Crippen molar-refractivity contribution in [1.29, 1.82) is 10.5 Å². The minimum absolute atomic E-state index is 0.106. The predicted molar refractivity (Wildman–Crippen MR) is 254 cm³/mol. The Bertz CT molecular complexity index is 3080. The molecule has 2 fully saturated rings. The van der Waals surface area contributed by atoms with E-state index >= 15 is 0 Å².